The molecule has 8 heteroatoms. The van der Waals surface area contributed by atoms with Gasteiger partial charge in [-0.1, -0.05) is 51.5 Å². The summed E-state index contributed by atoms with van der Waals surface area (Å²) in [5, 5.41) is 0. The number of ether oxygens (including phenoxy) is 1. The smallest absolute Gasteiger partial charge is 0.338 e. The Morgan fingerprint density at radius 2 is 1.97 bits per heavy atom. The zero-order valence-corrected chi connectivity index (χ0v) is 21.9. The van der Waals surface area contributed by atoms with E-state index in [1.807, 2.05) is 61.7 Å². The lowest BCUT2D eigenvalue weighted by Gasteiger charge is -2.24. The van der Waals surface area contributed by atoms with Crippen LogP contribution < -0.4 is 14.9 Å². The fourth-order valence-corrected chi connectivity index (χ4v) is 5.59. The average molecular weight is 544 g/mol. The van der Waals surface area contributed by atoms with Crippen molar-refractivity contribution in [3.05, 3.63) is 94.6 Å². The fourth-order valence-electron chi connectivity index (χ4n) is 3.74. The van der Waals surface area contributed by atoms with Crippen LogP contribution in [-0.2, 0) is 9.53 Å². The topological polar surface area (TPSA) is 60.7 Å². The molecule has 0 amide bonds. The van der Waals surface area contributed by atoms with Gasteiger partial charge in [-0.05, 0) is 68.0 Å². The molecule has 5 nitrogen and oxygen atoms in total. The summed E-state index contributed by atoms with van der Waals surface area (Å²) in [6.45, 7) is 5.83. The number of fused-ring (bicyclic) bond motifs is 1. The van der Waals surface area contributed by atoms with E-state index in [0.717, 1.165) is 26.1 Å². The maximum absolute atomic E-state index is 13.6. The van der Waals surface area contributed by atoms with E-state index in [0.29, 0.717) is 20.6 Å². The van der Waals surface area contributed by atoms with E-state index in [9.17, 15) is 9.59 Å². The number of thioether (sulfide) groups is 1. The number of aromatic nitrogens is 1. The van der Waals surface area contributed by atoms with Crippen molar-refractivity contribution in [3.8, 4) is 0 Å². The molecule has 1 atom stereocenters. The Morgan fingerprint density at radius 1 is 1.24 bits per heavy atom. The number of esters is 1. The minimum Gasteiger partial charge on any atom is -0.463 e. The number of carbonyl (C=O) groups excluding carboxylic acids is 1. The van der Waals surface area contributed by atoms with E-state index in [-0.39, 0.29) is 12.2 Å². The Labute approximate surface area is 208 Å². The maximum Gasteiger partial charge on any atom is 0.338 e. The molecule has 4 rings (SSSR count). The Hall–Kier alpha value is -2.42. The number of nitrogens with zero attached hydrogens (tertiary/aromatic N) is 2. The average Bonchev–Trinajstić information content (AvgIpc) is 3.10. The van der Waals surface area contributed by atoms with Crippen LogP contribution in [0, 0.1) is 6.92 Å². The summed E-state index contributed by atoms with van der Waals surface area (Å²) in [7, 11) is 0. The standard InChI is InChI=1S/C25H23BrN2O3S2/c1-5-31-24(30)21-15(3)27-25-28(22(21)17-8-10-18(32-4)11-9-17)23(29)20(33-25)13-16-7-6-14(2)19(26)12-16/h6-13,22H,5H2,1-4H3/b20-13-/t22-/m1/s1. The Bertz CT molecular complexity index is 1440. The summed E-state index contributed by atoms with van der Waals surface area (Å²) in [6, 6.07) is 13.3. The highest BCUT2D eigenvalue weighted by Crippen LogP contribution is 2.31. The van der Waals surface area contributed by atoms with Gasteiger partial charge in [0, 0.05) is 9.37 Å². The van der Waals surface area contributed by atoms with Gasteiger partial charge in [-0.3, -0.25) is 9.36 Å². The SMILES string of the molecule is CCOC(=O)C1=C(C)N=c2s/c(=C\c3ccc(C)c(Br)c3)c(=O)n2[C@@H]1c1ccc(SC)cc1. The van der Waals surface area contributed by atoms with Gasteiger partial charge in [-0.15, -0.1) is 11.8 Å². The highest BCUT2D eigenvalue weighted by Gasteiger charge is 2.33. The molecule has 1 aliphatic heterocycles. The van der Waals surface area contributed by atoms with Gasteiger partial charge in [0.1, 0.15) is 0 Å². The van der Waals surface area contributed by atoms with Gasteiger partial charge >= 0.3 is 5.97 Å². The summed E-state index contributed by atoms with van der Waals surface area (Å²) in [5.74, 6) is -0.450. The zero-order valence-electron chi connectivity index (χ0n) is 18.7. The number of rotatable bonds is 5. The summed E-state index contributed by atoms with van der Waals surface area (Å²) < 4.78 is 8.51. The molecule has 0 fully saturated rings. The molecule has 33 heavy (non-hydrogen) atoms. The van der Waals surface area contributed by atoms with Gasteiger partial charge in [0.15, 0.2) is 4.80 Å². The second kappa shape index (κ2) is 9.83. The molecule has 1 aliphatic rings. The number of allylic oxidation sites excluding steroid dienone is 1. The van der Waals surface area contributed by atoms with Crippen molar-refractivity contribution in [1.29, 1.82) is 0 Å². The molecule has 0 N–H and O–H groups in total. The molecule has 1 aromatic heterocycles. The molecule has 0 bridgehead atoms. The maximum atomic E-state index is 13.6. The van der Waals surface area contributed by atoms with Crippen molar-refractivity contribution in [1.82, 2.24) is 4.57 Å². The summed E-state index contributed by atoms with van der Waals surface area (Å²) in [4.78, 5) is 32.8. The summed E-state index contributed by atoms with van der Waals surface area (Å²) >= 11 is 6.52. The van der Waals surface area contributed by atoms with Crippen LogP contribution >= 0.6 is 39.0 Å². The van der Waals surface area contributed by atoms with Crippen LogP contribution in [0.2, 0.25) is 0 Å². The lowest BCUT2D eigenvalue weighted by molar-refractivity contribution is -0.139. The summed E-state index contributed by atoms with van der Waals surface area (Å²) in [6.07, 6.45) is 3.88. The van der Waals surface area contributed by atoms with Crippen molar-refractivity contribution >= 4 is 51.1 Å². The Morgan fingerprint density at radius 3 is 2.61 bits per heavy atom. The predicted octanol–water partition coefficient (Wildman–Crippen LogP) is 4.59. The van der Waals surface area contributed by atoms with E-state index in [1.54, 1.807) is 30.2 Å². The molecule has 0 spiro atoms. The minimum absolute atomic E-state index is 0.177. The molecule has 2 heterocycles. The number of thiazole rings is 1. The van der Waals surface area contributed by atoms with Crippen molar-refractivity contribution < 1.29 is 9.53 Å². The quantitative estimate of drug-likeness (QED) is 0.349. The van der Waals surface area contributed by atoms with Gasteiger partial charge in [0.05, 0.1) is 28.5 Å². The van der Waals surface area contributed by atoms with Gasteiger partial charge in [0.25, 0.3) is 5.56 Å². The Balaban J connectivity index is 1.94. The molecule has 3 aromatic rings. The van der Waals surface area contributed by atoms with E-state index < -0.39 is 12.0 Å². The molecule has 0 saturated carbocycles. The van der Waals surface area contributed by atoms with E-state index in [4.69, 9.17) is 4.74 Å². The monoisotopic (exact) mass is 542 g/mol. The molecular formula is C25H23BrN2O3S2. The number of carbonyl (C=O) groups is 1. The zero-order chi connectivity index (χ0) is 23.7. The molecule has 0 saturated heterocycles. The van der Waals surface area contributed by atoms with Crippen molar-refractivity contribution in [2.75, 3.05) is 12.9 Å². The summed E-state index contributed by atoms with van der Waals surface area (Å²) in [5.41, 5.74) is 3.67. The highest BCUT2D eigenvalue weighted by atomic mass is 79.9. The second-order valence-electron chi connectivity index (χ2n) is 7.58. The number of hydrogen-bond donors (Lipinski definition) is 0. The molecule has 170 valence electrons. The first kappa shape index (κ1) is 23.7. The normalized spacial score (nSPS) is 15.9. The van der Waals surface area contributed by atoms with Crippen molar-refractivity contribution in [2.24, 2.45) is 4.99 Å². The van der Waals surface area contributed by atoms with Crippen molar-refractivity contribution in [2.45, 2.75) is 31.7 Å². The molecule has 0 unspecified atom stereocenters. The van der Waals surface area contributed by atoms with Crippen LogP contribution in [0.3, 0.4) is 0 Å². The van der Waals surface area contributed by atoms with Crippen LogP contribution in [0.4, 0.5) is 0 Å². The minimum atomic E-state index is -0.594. The first-order valence-corrected chi connectivity index (χ1v) is 13.3. The third-order valence-electron chi connectivity index (χ3n) is 5.44. The van der Waals surface area contributed by atoms with E-state index in [2.05, 4.69) is 20.9 Å². The van der Waals surface area contributed by atoms with Gasteiger partial charge in [-0.25, -0.2) is 9.79 Å². The lowest BCUT2D eigenvalue weighted by atomic mass is 9.96. The van der Waals surface area contributed by atoms with Gasteiger partial charge < -0.3 is 4.74 Å². The number of benzene rings is 2. The number of aryl methyl sites for hydroxylation is 1. The fraction of sp³-hybridized carbons (Fsp3) is 0.240. The van der Waals surface area contributed by atoms with Crippen LogP contribution in [-0.4, -0.2) is 23.4 Å². The van der Waals surface area contributed by atoms with E-state index >= 15 is 0 Å². The van der Waals surface area contributed by atoms with Gasteiger partial charge in [-0.2, -0.15) is 0 Å². The lowest BCUT2D eigenvalue weighted by Crippen LogP contribution is -2.39. The second-order valence-corrected chi connectivity index (χ2v) is 10.3. The van der Waals surface area contributed by atoms with Crippen LogP contribution in [0.25, 0.3) is 6.08 Å². The van der Waals surface area contributed by atoms with E-state index in [1.165, 1.54) is 11.3 Å². The molecular weight excluding hydrogens is 520 g/mol. The molecule has 0 aliphatic carbocycles. The predicted molar refractivity (Wildman–Crippen MR) is 138 cm³/mol. The number of halogens is 1. The first-order valence-electron chi connectivity index (χ1n) is 10.4. The third kappa shape index (κ3) is 4.65. The molecule has 0 radical (unpaired) electrons. The number of hydrogen-bond acceptors (Lipinski definition) is 6. The largest absolute Gasteiger partial charge is 0.463 e. The van der Waals surface area contributed by atoms with Crippen LogP contribution in [0.15, 0.2) is 72.9 Å². The van der Waals surface area contributed by atoms with Gasteiger partial charge in [0.2, 0.25) is 0 Å². The highest BCUT2D eigenvalue weighted by molar-refractivity contribution is 9.10. The van der Waals surface area contributed by atoms with Crippen LogP contribution in [0.1, 0.15) is 36.6 Å². The molecule has 2 aromatic carbocycles. The first-order chi connectivity index (χ1) is 15.8. The van der Waals surface area contributed by atoms with Crippen molar-refractivity contribution in [3.63, 3.8) is 0 Å². The van der Waals surface area contributed by atoms with Crippen LogP contribution in [0.5, 0.6) is 0 Å². The third-order valence-corrected chi connectivity index (χ3v) is 8.02. The Kier molecular flexibility index (Phi) is 7.07.